The van der Waals surface area contributed by atoms with Crippen molar-refractivity contribution >= 4 is 17.5 Å². The standard InChI is InChI=1S/C15H18N2O2/c18-14-6-4-11-9-12(3-5-13(11)17-14)15(19)16-8-7-10-1-2-10/h3,5,9-10H,1-2,4,6-8H2,(H,16,19)(H,17,18). The molecule has 19 heavy (non-hydrogen) atoms. The van der Waals surface area contributed by atoms with Gasteiger partial charge in [0.25, 0.3) is 5.91 Å². The van der Waals surface area contributed by atoms with Crippen molar-refractivity contribution in [1.82, 2.24) is 5.32 Å². The van der Waals surface area contributed by atoms with Gasteiger partial charge in [-0.25, -0.2) is 0 Å². The van der Waals surface area contributed by atoms with E-state index in [0.29, 0.717) is 18.4 Å². The molecule has 0 unspecified atom stereocenters. The minimum absolute atomic E-state index is 0.0136. The average molecular weight is 258 g/mol. The van der Waals surface area contributed by atoms with E-state index in [1.165, 1.54) is 12.8 Å². The third-order valence-corrected chi connectivity index (χ3v) is 3.80. The van der Waals surface area contributed by atoms with Crippen LogP contribution in [0.2, 0.25) is 0 Å². The van der Waals surface area contributed by atoms with Crippen LogP contribution in [0.1, 0.15) is 41.6 Å². The Morgan fingerprint density at radius 1 is 1.32 bits per heavy atom. The molecule has 0 radical (unpaired) electrons. The Morgan fingerprint density at radius 2 is 2.16 bits per heavy atom. The van der Waals surface area contributed by atoms with Gasteiger partial charge in [-0.3, -0.25) is 9.59 Å². The molecule has 4 heteroatoms. The zero-order chi connectivity index (χ0) is 13.2. The van der Waals surface area contributed by atoms with Gasteiger partial charge < -0.3 is 10.6 Å². The Hall–Kier alpha value is -1.84. The first kappa shape index (κ1) is 12.2. The van der Waals surface area contributed by atoms with Crippen LogP contribution >= 0.6 is 0 Å². The summed E-state index contributed by atoms with van der Waals surface area (Å²) < 4.78 is 0. The molecule has 1 saturated carbocycles. The highest BCUT2D eigenvalue weighted by atomic mass is 16.2. The molecule has 2 aliphatic rings. The third kappa shape index (κ3) is 2.95. The van der Waals surface area contributed by atoms with E-state index in [2.05, 4.69) is 10.6 Å². The largest absolute Gasteiger partial charge is 0.352 e. The Bertz CT molecular complexity index is 521. The van der Waals surface area contributed by atoms with E-state index in [1.807, 2.05) is 12.1 Å². The van der Waals surface area contributed by atoms with Crippen molar-refractivity contribution in [2.45, 2.75) is 32.1 Å². The fourth-order valence-corrected chi connectivity index (χ4v) is 2.42. The summed E-state index contributed by atoms with van der Waals surface area (Å²) in [4.78, 5) is 23.3. The highest BCUT2D eigenvalue weighted by molar-refractivity contribution is 5.97. The van der Waals surface area contributed by atoms with Gasteiger partial charge >= 0.3 is 0 Å². The molecule has 1 aliphatic heterocycles. The van der Waals surface area contributed by atoms with Crippen molar-refractivity contribution in [2.75, 3.05) is 11.9 Å². The Labute approximate surface area is 112 Å². The van der Waals surface area contributed by atoms with Crippen LogP contribution in [0, 0.1) is 5.92 Å². The predicted molar refractivity (Wildman–Crippen MR) is 73.1 cm³/mol. The number of amides is 2. The molecule has 3 rings (SSSR count). The molecule has 0 atom stereocenters. The van der Waals surface area contributed by atoms with Crippen molar-refractivity contribution in [1.29, 1.82) is 0 Å². The zero-order valence-electron chi connectivity index (χ0n) is 10.9. The summed E-state index contributed by atoms with van der Waals surface area (Å²) in [5.74, 6) is 0.869. The van der Waals surface area contributed by atoms with Crippen LogP contribution in [0.3, 0.4) is 0 Å². The molecule has 0 bridgehead atoms. The minimum Gasteiger partial charge on any atom is -0.352 e. The van der Waals surface area contributed by atoms with E-state index in [9.17, 15) is 9.59 Å². The zero-order valence-corrected chi connectivity index (χ0v) is 10.9. The summed E-state index contributed by atoms with van der Waals surface area (Å²) >= 11 is 0. The van der Waals surface area contributed by atoms with Gasteiger partial charge in [0.1, 0.15) is 0 Å². The van der Waals surface area contributed by atoms with Gasteiger partial charge in [-0.1, -0.05) is 12.8 Å². The minimum atomic E-state index is -0.0136. The predicted octanol–water partition coefficient (Wildman–Crippen LogP) is 2.10. The van der Waals surface area contributed by atoms with E-state index < -0.39 is 0 Å². The summed E-state index contributed by atoms with van der Waals surface area (Å²) in [6, 6.07) is 5.49. The topological polar surface area (TPSA) is 58.2 Å². The monoisotopic (exact) mass is 258 g/mol. The number of carbonyl (C=O) groups excluding carboxylic acids is 2. The van der Waals surface area contributed by atoms with Crippen molar-refractivity contribution in [2.24, 2.45) is 5.92 Å². The van der Waals surface area contributed by atoms with Crippen molar-refractivity contribution in [3.8, 4) is 0 Å². The second-order valence-electron chi connectivity index (χ2n) is 5.41. The number of anilines is 1. The fraction of sp³-hybridized carbons (Fsp3) is 0.467. The van der Waals surface area contributed by atoms with Crippen molar-refractivity contribution in [3.63, 3.8) is 0 Å². The first-order chi connectivity index (χ1) is 9.22. The highest BCUT2D eigenvalue weighted by Crippen LogP contribution is 2.31. The van der Waals surface area contributed by atoms with Gasteiger partial charge in [0.05, 0.1) is 0 Å². The summed E-state index contributed by atoms with van der Waals surface area (Å²) in [5.41, 5.74) is 2.57. The van der Waals surface area contributed by atoms with Gasteiger partial charge in [-0.2, -0.15) is 0 Å². The van der Waals surface area contributed by atoms with Gasteiger partial charge in [0.2, 0.25) is 5.91 Å². The molecule has 1 aliphatic carbocycles. The van der Waals surface area contributed by atoms with E-state index in [-0.39, 0.29) is 11.8 Å². The number of nitrogens with one attached hydrogen (secondary N) is 2. The second-order valence-corrected chi connectivity index (χ2v) is 5.41. The maximum atomic E-state index is 12.0. The van der Waals surface area contributed by atoms with Gasteiger partial charge in [-0.15, -0.1) is 0 Å². The lowest BCUT2D eigenvalue weighted by atomic mass is 10.00. The van der Waals surface area contributed by atoms with Crippen LogP contribution in [-0.2, 0) is 11.2 Å². The quantitative estimate of drug-likeness (QED) is 0.869. The summed E-state index contributed by atoms with van der Waals surface area (Å²) in [6.07, 6.45) is 4.93. The van der Waals surface area contributed by atoms with Crippen molar-refractivity contribution < 1.29 is 9.59 Å². The summed E-state index contributed by atoms with van der Waals surface area (Å²) in [5, 5.41) is 5.78. The van der Waals surface area contributed by atoms with Crippen LogP contribution in [0.25, 0.3) is 0 Å². The molecule has 0 spiro atoms. The Morgan fingerprint density at radius 3 is 2.95 bits per heavy atom. The van der Waals surface area contributed by atoms with E-state index >= 15 is 0 Å². The van der Waals surface area contributed by atoms with E-state index in [4.69, 9.17) is 0 Å². The first-order valence-electron chi connectivity index (χ1n) is 6.93. The maximum Gasteiger partial charge on any atom is 0.251 e. The molecule has 1 fully saturated rings. The smallest absolute Gasteiger partial charge is 0.251 e. The van der Waals surface area contributed by atoms with Gasteiger partial charge in [0.15, 0.2) is 0 Å². The van der Waals surface area contributed by atoms with E-state index in [1.54, 1.807) is 6.07 Å². The number of carbonyl (C=O) groups is 2. The Balaban J connectivity index is 1.63. The van der Waals surface area contributed by atoms with E-state index in [0.717, 1.165) is 30.1 Å². The van der Waals surface area contributed by atoms with Crippen LogP contribution in [0.5, 0.6) is 0 Å². The molecule has 2 amide bonds. The molecule has 0 aromatic heterocycles. The lowest BCUT2D eigenvalue weighted by molar-refractivity contribution is -0.116. The number of hydrogen-bond donors (Lipinski definition) is 2. The Kier molecular flexibility index (Phi) is 3.23. The lowest BCUT2D eigenvalue weighted by Gasteiger charge is -2.17. The number of rotatable bonds is 4. The number of benzene rings is 1. The third-order valence-electron chi connectivity index (χ3n) is 3.80. The van der Waals surface area contributed by atoms with Crippen LogP contribution in [-0.4, -0.2) is 18.4 Å². The first-order valence-corrected chi connectivity index (χ1v) is 6.93. The molecule has 4 nitrogen and oxygen atoms in total. The number of aryl methyl sites for hydroxylation is 1. The maximum absolute atomic E-state index is 12.0. The second kappa shape index (κ2) is 5.03. The number of fused-ring (bicyclic) bond motifs is 1. The molecular formula is C15H18N2O2. The SMILES string of the molecule is O=C1CCc2cc(C(=O)NCCC3CC3)ccc2N1. The summed E-state index contributed by atoms with van der Waals surface area (Å²) in [6.45, 7) is 0.761. The molecule has 1 aromatic rings. The number of hydrogen-bond acceptors (Lipinski definition) is 2. The average Bonchev–Trinajstić information content (AvgIpc) is 3.22. The molecular weight excluding hydrogens is 240 g/mol. The van der Waals surface area contributed by atoms with Crippen LogP contribution in [0.4, 0.5) is 5.69 Å². The van der Waals surface area contributed by atoms with Gasteiger partial charge in [-0.05, 0) is 42.5 Å². The molecule has 100 valence electrons. The fourth-order valence-electron chi connectivity index (χ4n) is 2.42. The summed E-state index contributed by atoms with van der Waals surface area (Å²) in [7, 11) is 0. The highest BCUT2D eigenvalue weighted by Gasteiger charge is 2.21. The lowest BCUT2D eigenvalue weighted by Crippen LogP contribution is -2.25. The van der Waals surface area contributed by atoms with Gasteiger partial charge in [0, 0.05) is 24.2 Å². The molecule has 0 saturated heterocycles. The normalized spacial score (nSPS) is 17.6. The van der Waals surface area contributed by atoms with Crippen LogP contribution < -0.4 is 10.6 Å². The van der Waals surface area contributed by atoms with Crippen LogP contribution in [0.15, 0.2) is 18.2 Å². The molecule has 2 N–H and O–H groups in total. The van der Waals surface area contributed by atoms with Crippen molar-refractivity contribution in [3.05, 3.63) is 29.3 Å². The molecule has 1 aromatic carbocycles. The molecule has 1 heterocycles.